The first-order valence-electron chi connectivity index (χ1n) is 3.31. The van der Waals surface area contributed by atoms with Crippen molar-refractivity contribution in [1.29, 1.82) is 0 Å². The third-order valence-corrected chi connectivity index (χ3v) is 1.23. The molecule has 0 aliphatic carbocycles. The van der Waals surface area contributed by atoms with Crippen LogP contribution in [-0.4, -0.2) is 6.72 Å². The first-order valence-corrected chi connectivity index (χ1v) is 3.31. The molecule has 12 heavy (non-hydrogen) atoms. The number of rotatable bonds is 3. The van der Waals surface area contributed by atoms with Gasteiger partial charge in [-0.2, -0.15) is 0 Å². The molecule has 0 unspecified atom stereocenters. The fraction of sp³-hybridized carbons (Fsp3) is 0. The molecule has 0 fully saturated rings. The number of nitrogens with zero attached hydrogens (tertiary/aromatic N) is 1. The minimum absolute atomic E-state index is 0.196. The van der Waals surface area contributed by atoms with Crippen LogP contribution in [0.2, 0.25) is 0 Å². The lowest BCUT2D eigenvalue weighted by Crippen LogP contribution is -1.89. The van der Waals surface area contributed by atoms with E-state index in [0.717, 1.165) is 0 Å². The Balaban J connectivity index is 2.71. The van der Waals surface area contributed by atoms with Crippen molar-refractivity contribution in [2.24, 2.45) is 4.99 Å². The van der Waals surface area contributed by atoms with Crippen LogP contribution in [0.25, 0.3) is 0 Å². The lowest BCUT2D eigenvalue weighted by molar-refractivity contribution is 0.423. The summed E-state index contributed by atoms with van der Waals surface area (Å²) in [5, 5.41) is 0. The Kier molecular flexibility index (Phi) is 2.58. The lowest BCUT2D eigenvalue weighted by atomic mass is 10.3. The number of aliphatic imine (C=N–C) groups is 1. The first kappa shape index (κ1) is 8.46. The van der Waals surface area contributed by atoms with Crippen LogP contribution in [0.15, 0.2) is 41.7 Å². The molecule has 0 aliphatic rings. The highest BCUT2D eigenvalue weighted by atomic mass is 19.1. The van der Waals surface area contributed by atoms with E-state index in [-0.39, 0.29) is 11.7 Å². The molecule has 1 rings (SSSR count). The number of ether oxygens (including phenoxy) is 1. The highest BCUT2D eigenvalue weighted by molar-refractivity contribution is 5.29. The van der Waals surface area contributed by atoms with Gasteiger partial charge in [0.2, 0.25) is 5.88 Å². The van der Waals surface area contributed by atoms with Gasteiger partial charge in [-0.25, -0.2) is 9.38 Å². The molecule has 0 aliphatic heterocycles. The summed E-state index contributed by atoms with van der Waals surface area (Å²) < 4.78 is 17.4. The van der Waals surface area contributed by atoms with E-state index in [1.54, 1.807) is 0 Å². The Labute approximate surface area is 70.0 Å². The van der Waals surface area contributed by atoms with E-state index < -0.39 is 0 Å². The minimum atomic E-state index is -0.306. The van der Waals surface area contributed by atoms with Crippen molar-refractivity contribution in [2.45, 2.75) is 0 Å². The maximum absolute atomic E-state index is 12.4. The van der Waals surface area contributed by atoms with E-state index in [1.165, 1.54) is 24.3 Å². The Morgan fingerprint density at radius 2 is 1.92 bits per heavy atom. The molecule has 0 atom stereocenters. The zero-order chi connectivity index (χ0) is 8.97. The second-order valence-electron chi connectivity index (χ2n) is 2.11. The van der Waals surface area contributed by atoms with Crippen molar-refractivity contribution < 1.29 is 9.13 Å². The van der Waals surface area contributed by atoms with Crippen LogP contribution in [-0.2, 0) is 0 Å². The summed E-state index contributed by atoms with van der Waals surface area (Å²) in [6.45, 7) is 6.67. The molecular weight excluding hydrogens is 157 g/mol. The van der Waals surface area contributed by atoms with Gasteiger partial charge >= 0.3 is 0 Å². The van der Waals surface area contributed by atoms with Crippen molar-refractivity contribution >= 4 is 6.72 Å². The molecule has 0 aromatic heterocycles. The molecule has 0 saturated carbocycles. The smallest absolute Gasteiger partial charge is 0.211 e. The van der Waals surface area contributed by atoms with Gasteiger partial charge in [0.05, 0.1) is 0 Å². The summed E-state index contributed by atoms with van der Waals surface area (Å²) in [5.41, 5.74) is 0. The SMILES string of the molecule is C=NC(=C)Oc1ccc(F)cc1. The maximum atomic E-state index is 12.4. The monoisotopic (exact) mass is 165 g/mol. The summed E-state index contributed by atoms with van der Waals surface area (Å²) in [6.07, 6.45) is 0. The molecule has 0 heterocycles. The van der Waals surface area contributed by atoms with E-state index in [0.29, 0.717) is 5.75 Å². The quantitative estimate of drug-likeness (QED) is 0.497. The van der Waals surface area contributed by atoms with Gasteiger partial charge in [0.25, 0.3) is 0 Å². The van der Waals surface area contributed by atoms with Gasteiger partial charge in [-0.1, -0.05) is 0 Å². The van der Waals surface area contributed by atoms with E-state index in [1.807, 2.05) is 0 Å². The van der Waals surface area contributed by atoms with Gasteiger partial charge in [0.1, 0.15) is 11.6 Å². The third kappa shape index (κ3) is 2.20. The largest absolute Gasteiger partial charge is 0.440 e. The van der Waals surface area contributed by atoms with Crippen molar-refractivity contribution in [1.82, 2.24) is 0 Å². The van der Waals surface area contributed by atoms with E-state index in [9.17, 15) is 4.39 Å². The molecule has 0 radical (unpaired) electrons. The van der Waals surface area contributed by atoms with Crippen molar-refractivity contribution in [3.05, 3.63) is 42.5 Å². The predicted molar refractivity (Wildman–Crippen MR) is 45.7 cm³/mol. The zero-order valence-electron chi connectivity index (χ0n) is 6.46. The summed E-state index contributed by atoms with van der Waals surface area (Å²) in [5.74, 6) is 0.384. The molecule has 3 heteroatoms. The molecule has 62 valence electrons. The first-order chi connectivity index (χ1) is 5.72. The van der Waals surface area contributed by atoms with Crippen LogP contribution in [0.3, 0.4) is 0 Å². The summed E-state index contributed by atoms with van der Waals surface area (Å²) >= 11 is 0. The molecule has 0 amide bonds. The van der Waals surface area contributed by atoms with Crippen LogP contribution in [0.1, 0.15) is 0 Å². The van der Waals surface area contributed by atoms with Gasteiger partial charge in [-0.05, 0) is 37.6 Å². The van der Waals surface area contributed by atoms with E-state index in [4.69, 9.17) is 4.74 Å². The predicted octanol–water partition coefficient (Wildman–Crippen LogP) is 2.38. The topological polar surface area (TPSA) is 21.6 Å². The molecule has 1 aromatic rings. The van der Waals surface area contributed by atoms with Crippen LogP contribution < -0.4 is 4.74 Å². The normalized spacial score (nSPS) is 9.08. The lowest BCUT2D eigenvalue weighted by Gasteiger charge is -2.02. The molecular formula is C9H8FNO. The van der Waals surface area contributed by atoms with Crippen LogP contribution >= 0.6 is 0 Å². The highest BCUT2D eigenvalue weighted by Gasteiger charge is 1.94. The molecule has 1 aromatic carbocycles. The average molecular weight is 165 g/mol. The molecule has 0 N–H and O–H groups in total. The fourth-order valence-corrected chi connectivity index (χ4v) is 0.671. The Morgan fingerprint density at radius 3 is 2.42 bits per heavy atom. The summed E-state index contributed by atoms with van der Waals surface area (Å²) in [4.78, 5) is 3.45. The Bertz CT molecular complexity index is 292. The van der Waals surface area contributed by atoms with Crippen molar-refractivity contribution in [3.8, 4) is 5.75 Å². The Hall–Kier alpha value is -1.64. The van der Waals surface area contributed by atoms with Gasteiger partial charge in [-0.15, -0.1) is 0 Å². The maximum Gasteiger partial charge on any atom is 0.211 e. The summed E-state index contributed by atoms with van der Waals surface area (Å²) in [6, 6.07) is 5.58. The van der Waals surface area contributed by atoms with Crippen LogP contribution in [0.4, 0.5) is 4.39 Å². The van der Waals surface area contributed by atoms with Gasteiger partial charge < -0.3 is 4.74 Å². The number of halogens is 1. The van der Waals surface area contributed by atoms with Gasteiger partial charge in [0.15, 0.2) is 0 Å². The van der Waals surface area contributed by atoms with E-state index in [2.05, 4.69) is 18.3 Å². The Morgan fingerprint density at radius 1 is 1.33 bits per heavy atom. The number of hydrogen-bond acceptors (Lipinski definition) is 2. The molecule has 0 spiro atoms. The van der Waals surface area contributed by atoms with Crippen LogP contribution in [0.5, 0.6) is 5.75 Å². The zero-order valence-corrected chi connectivity index (χ0v) is 6.46. The second-order valence-corrected chi connectivity index (χ2v) is 2.11. The molecule has 2 nitrogen and oxygen atoms in total. The number of hydrogen-bond donors (Lipinski definition) is 0. The van der Waals surface area contributed by atoms with E-state index >= 15 is 0 Å². The van der Waals surface area contributed by atoms with Crippen molar-refractivity contribution in [2.75, 3.05) is 0 Å². The van der Waals surface area contributed by atoms with Crippen molar-refractivity contribution in [3.63, 3.8) is 0 Å². The second kappa shape index (κ2) is 3.67. The fourth-order valence-electron chi connectivity index (χ4n) is 0.671. The number of benzene rings is 1. The third-order valence-electron chi connectivity index (χ3n) is 1.23. The molecule has 0 bridgehead atoms. The van der Waals surface area contributed by atoms with Crippen LogP contribution in [0, 0.1) is 5.82 Å². The van der Waals surface area contributed by atoms with Gasteiger partial charge in [0, 0.05) is 0 Å². The van der Waals surface area contributed by atoms with Gasteiger partial charge in [-0.3, -0.25) is 0 Å². The average Bonchev–Trinajstić information content (AvgIpc) is 2.09. The minimum Gasteiger partial charge on any atom is -0.440 e. The summed E-state index contributed by atoms with van der Waals surface area (Å²) in [7, 11) is 0. The molecule has 0 saturated heterocycles. The standard InChI is InChI=1S/C9H8FNO/c1-7(11-2)12-9-5-3-8(10)4-6-9/h3-6H,1-2H2. The highest BCUT2D eigenvalue weighted by Crippen LogP contribution is 2.13.